The zero-order valence-electron chi connectivity index (χ0n) is 21.4. The highest BCUT2D eigenvalue weighted by Crippen LogP contribution is 2.34. The summed E-state index contributed by atoms with van der Waals surface area (Å²) in [5, 5.41) is 0. The third-order valence-corrected chi connectivity index (χ3v) is 7.30. The summed E-state index contributed by atoms with van der Waals surface area (Å²) in [4.78, 5) is 41.8. The van der Waals surface area contributed by atoms with E-state index in [0.29, 0.717) is 29.0 Å². The molecule has 1 unspecified atom stereocenters. The van der Waals surface area contributed by atoms with E-state index in [4.69, 9.17) is 11.3 Å². The SMILES string of the molecule is [C-]#[N+]c1ccc2c(n1)c(N1C[C@@H](CC)N(C(C)c3ccc(C(=O)OC)cc3)C[C@@H]1CC)nc(=O)n2C. The van der Waals surface area contributed by atoms with E-state index in [1.54, 1.807) is 19.2 Å². The highest BCUT2D eigenvalue weighted by Gasteiger charge is 2.37. The maximum atomic E-state index is 12.7. The predicted octanol–water partition coefficient (Wildman–Crippen LogP) is 4.11. The van der Waals surface area contributed by atoms with Crippen molar-refractivity contribution < 1.29 is 9.53 Å². The quantitative estimate of drug-likeness (QED) is 0.381. The summed E-state index contributed by atoms with van der Waals surface area (Å²) in [5.74, 6) is 0.495. The van der Waals surface area contributed by atoms with Crippen LogP contribution in [0.15, 0.2) is 41.2 Å². The van der Waals surface area contributed by atoms with Crippen molar-refractivity contribution in [2.75, 3.05) is 25.1 Å². The van der Waals surface area contributed by atoms with Crippen LogP contribution in [-0.4, -0.2) is 57.7 Å². The second-order valence-corrected chi connectivity index (χ2v) is 9.19. The first-order valence-electron chi connectivity index (χ1n) is 12.3. The number of benzene rings is 1. The lowest BCUT2D eigenvalue weighted by Gasteiger charge is -2.49. The number of esters is 1. The number of hydrogen-bond donors (Lipinski definition) is 0. The Kier molecular flexibility index (Phi) is 7.36. The maximum absolute atomic E-state index is 12.7. The monoisotopic (exact) mass is 488 g/mol. The molecule has 0 saturated carbocycles. The summed E-state index contributed by atoms with van der Waals surface area (Å²) in [6.07, 6.45) is 1.78. The molecule has 36 heavy (non-hydrogen) atoms. The van der Waals surface area contributed by atoms with Gasteiger partial charge in [-0.15, -0.1) is 4.98 Å². The van der Waals surface area contributed by atoms with Crippen molar-refractivity contribution in [1.29, 1.82) is 0 Å². The number of hydrogen-bond acceptors (Lipinski definition) is 7. The summed E-state index contributed by atoms with van der Waals surface area (Å²) in [6.45, 7) is 15.4. The van der Waals surface area contributed by atoms with Crippen molar-refractivity contribution in [1.82, 2.24) is 19.4 Å². The molecule has 1 saturated heterocycles. The van der Waals surface area contributed by atoms with Crippen molar-refractivity contribution in [2.24, 2.45) is 7.05 Å². The Morgan fingerprint density at radius 2 is 1.81 bits per heavy atom. The van der Waals surface area contributed by atoms with Crippen molar-refractivity contribution >= 4 is 28.6 Å². The Labute approximate surface area is 211 Å². The molecule has 1 aliphatic rings. The van der Waals surface area contributed by atoms with E-state index in [2.05, 4.69) is 45.4 Å². The topological polar surface area (TPSA) is 84.9 Å². The second-order valence-electron chi connectivity index (χ2n) is 9.19. The molecule has 0 aliphatic carbocycles. The molecule has 3 aromatic rings. The number of aryl methyl sites for hydroxylation is 1. The average molecular weight is 489 g/mol. The minimum atomic E-state index is -0.344. The minimum Gasteiger partial charge on any atom is -0.465 e. The number of ether oxygens (including phenoxy) is 1. The van der Waals surface area contributed by atoms with Crippen LogP contribution in [0, 0.1) is 6.57 Å². The number of methoxy groups -OCH3 is 1. The van der Waals surface area contributed by atoms with Crippen LogP contribution >= 0.6 is 0 Å². The van der Waals surface area contributed by atoms with Crippen LogP contribution in [0.25, 0.3) is 15.9 Å². The molecule has 9 heteroatoms. The number of aromatic nitrogens is 3. The largest absolute Gasteiger partial charge is 0.465 e. The van der Waals surface area contributed by atoms with Gasteiger partial charge in [-0.2, -0.15) is 4.98 Å². The van der Waals surface area contributed by atoms with Crippen molar-refractivity contribution in [3.05, 3.63) is 69.4 Å². The maximum Gasteiger partial charge on any atom is 0.350 e. The van der Waals surface area contributed by atoms with Crippen LogP contribution < -0.4 is 10.6 Å². The van der Waals surface area contributed by atoms with Gasteiger partial charge in [0.05, 0.1) is 18.2 Å². The number of piperazine rings is 1. The molecule has 1 fully saturated rings. The fraction of sp³-hybridized carbons (Fsp3) is 0.444. The van der Waals surface area contributed by atoms with Crippen LogP contribution in [0.3, 0.4) is 0 Å². The van der Waals surface area contributed by atoms with E-state index >= 15 is 0 Å². The summed E-state index contributed by atoms with van der Waals surface area (Å²) < 4.78 is 6.30. The van der Waals surface area contributed by atoms with Crippen LogP contribution in [-0.2, 0) is 11.8 Å². The number of anilines is 1. The van der Waals surface area contributed by atoms with Gasteiger partial charge in [0, 0.05) is 38.3 Å². The van der Waals surface area contributed by atoms with E-state index in [-0.39, 0.29) is 35.6 Å². The Morgan fingerprint density at radius 1 is 1.11 bits per heavy atom. The second kappa shape index (κ2) is 10.5. The standard InChI is InChI=1S/C27H32N6O3/c1-7-20-16-33(25-24-22(31(5)27(35)30-25)13-14-23(28-4)29-24)21(8-2)15-32(20)17(3)18-9-11-19(12-10-18)26(34)36-6/h9-14,17,20-21H,7-8,15-16H2,1-3,5-6H3/t17?,20-,21+/m1/s1. The van der Waals surface area contributed by atoms with Gasteiger partial charge in [-0.05, 0) is 49.6 Å². The molecule has 0 N–H and O–H groups in total. The zero-order valence-corrected chi connectivity index (χ0v) is 21.4. The summed E-state index contributed by atoms with van der Waals surface area (Å²) >= 11 is 0. The molecule has 0 amide bonds. The Balaban J connectivity index is 1.70. The molecular formula is C27H32N6O3. The molecule has 9 nitrogen and oxygen atoms in total. The third-order valence-electron chi connectivity index (χ3n) is 7.30. The normalized spacial score (nSPS) is 19.2. The van der Waals surface area contributed by atoms with Gasteiger partial charge in [-0.1, -0.05) is 32.6 Å². The van der Waals surface area contributed by atoms with Crippen molar-refractivity contribution in [3.8, 4) is 0 Å². The van der Waals surface area contributed by atoms with E-state index in [9.17, 15) is 9.59 Å². The Bertz CT molecular complexity index is 1360. The lowest BCUT2D eigenvalue weighted by atomic mass is 9.96. The molecule has 188 valence electrons. The molecule has 4 rings (SSSR count). The molecule has 3 heterocycles. The first-order valence-corrected chi connectivity index (χ1v) is 12.3. The van der Waals surface area contributed by atoms with Crippen LogP contribution in [0.4, 0.5) is 11.6 Å². The smallest absolute Gasteiger partial charge is 0.350 e. The number of carbonyl (C=O) groups excluding carboxylic acids is 1. The van der Waals surface area contributed by atoms with E-state index in [1.807, 2.05) is 24.3 Å². The van der Waals surface area contributed by atoms with Gasteiger partial charge in [0.2, 0.25) is 5.52 Å². The minimum absolute atomic E-state index is 0.116. The van der Waals surface area contributed by atoms with E-state index in [0.717, 1.165) is 24.9 Å². The molecule has 0 spiro atoms. The average Bonchev–Trinajstić information content (AvgIpc) is 2.93. The number of rotatable bonds is 6. The Morgan fingerprint density at radius 3 is 2.42 bits per heavy atom. The molecule has 0 bridgehead atoms. The van der Waals surface area contributed by atoms with Crippen LogP contribution in [0.1, 0.15) is 55.6 Å². The molecule has 2 aromatic heterocycles. The summed E-state index contributed by atoms with van der Waals surface area (Å²) in [5.41, 5.74) is 2.58. The van der Waals surface area contributed by atoms with E-state index < -0.39 is 0 Å². The molecular weight excluding hydrogens is 456 g/mol. The van der Waals surface area contributed by atoms with Crippen molar-refractivity contribution in [3.63, 3.8) is 0 Å². The molecule has 1 aliphatic heterocycles. The number of carbonyl (C=O) groups is 1. The van der Waals surface area contributed by atoms with Gasteiger partial charge in [0.15, 0.2) is 5.82 Å². The van der Waals surface area contributed by atoms with Crippen molar-refractivity contribution in [2.45, 2.75) is 51.7 Å². The first-order chi connectivity index (χ1) is 17.3. The number of fused-ring (bicyclic) bond motifs is 1. The highest BCUT2D eigenvalue weighted by atomic mass is 16.5. The van der Waals surface area contributed by atoms with E-state index in [1.165, 1.54) is 11.7 Å². The van der Waals surface area contributed by atoms with Gasteiger partial charge < -0.3 is 14.5 Å². The van der Waals surface area contributed by atoms with Gasteiger partial charge in [0.1, 0.15) is 0 Å². The highest BCUT2D eigenvalue weighted by molar-refractivity contribution is 5.89. The summed E-state index contributed by atoms with van der Waals surface area (Å²) in [7, 11) is 3.06. The lowest BCUT2D eigenvalue weighted by Crippen LogP contribution is -2.59. The summed E-state index contributed by atoms with van der Waals surface area (Å²) in [6, 6.07) is 11.5. The fourth-order valence-electron chi connectivity index (χ4n) is 5.09. The fourth-order valence-corrected chi connectivity index (χ4v) is 5.09. The van der Waals surface area contributed by atoms with Gasteiger partial charge in [0.25, 0.3) is 5.82 Å². The van der Waals surface area contributed by atoms with Gasteiger partial charge in [-0.3, -0.25) is 9.47 Å². The number of pyridine rings is 1. The van der Waals surface area contributed by atoms with Gasteiger partial charge >= 0.3 is 11.7 Å². The molecule has 1 aromatic carbocycles. The predicted molar refractivity (Wildman–Crippen MR) is 139 cm³/mol. The van der Waals surface area contributed by atoms with Crippen LogP contribution in [0.5, 0.6) is 0 Å². The lowest BCUT2D eigenvalue weighted by molar-refractivity contribution is 0.0600. The molecule has 0 radical (unpaired) electrons. The number of nitrogens with zero attached hydrogens (tertiary/aromatic N) is 6. The Hall–Kier alpha value is -3.77. The third kappa shape index (κ3) is 4.56. The zero-order chi connectivity index (χ0) is 26.0. The first kappa shape index (κ1) is 25.3. The molecule has 3 atom stereocenters. The van der Waals surface area contributed by atoms with Gasteiger partial charge in [-0.25, -0.2) is 9.59 Å². The van der Waals surface area contributed by atoms with Crippen LogP contribution in [0.2, 0.25) is 0 Å².